The molecule has 1 N–H and O–H groups in total. The summed E-state index contributed by atoms with van der Waals surface area (Å²) in [5, 5.41) is 12.1. The van der Waals surface area contributed by atoms with Crippen LogP contribution in [0, 0.1) is 29.0 Å². The van der Waals surface area contributed by atoms with Crippen molar-refractivity contribution in [3.05, 3.63) is 99.8 Å². The highest BCUT2D eigenvalue weighted by atomic mass is 35.5. The largest absolute Gasteiger partial charge is 0.371 e. The maximum atomic E-state index is 14.3. The van der Waals surface area contributed by atoms with Gasteiger partial charge in [0.1, 0.15) is 5.82 Å². The molecule has 0 bridgehead atoms. The lowest BCUT2D eigenvalue weighted by molar-refractivity contribution is 0.0777. The molecule has 2 fully saturated rings. The van der Waals surface area contributed by atoms with E-state index in [0.29, 0.717) is 42.6 Å². The van der Waals surface area contributed by atoms with E-state index in [1.54, 1.807) is 35.2 Å². The molecule has 8 heteroatoms. The number of fused-ring (bicyclic) bond motifs is 1. The Morgan fingerprint density at radius 2 is 1.74 bits per heavy atom. The molecule has 2 amide bonds. The highest BCUT2D eigenvalue weighted by Gasteiger charge is 2.42. The van der Waals surface area contributed by atoms with E-state index >= 15 is 0 Å². The summed E-state index contributed by atoms with van der Waals surface area (Å²) in [6.45, 7) is 3.44. The summed E-state index contributed by atoms with van der Waals surface area (Å²) in [5.74, 6) is -0.415. The van der Waals surface area contributed by atoms with E-state index in [-0.39, 0.29) is 22.4 Å². The van der Waals surface area contributed by atoms with Crippen molar-refractivity contribution in [2.24, 2.45) is 11.8 Å². The zero-order chi connectivity index (χ0) is 26.6. The van der Waals surface area contributed by atoms with E-state index < -0.39 is 5.82 Å². The first-order chi connectivity index (χ1) is 18.4. The van der Waals surface area contributed by atoms with Crippen LogP contribution in [0.5, 0.6) is 0 Å². The fourth-order valence-corrected chi connectivity index (χ4v) is 5.71. The average molecular weight is 531 g/mol. The number of nitrogens with zero attached hydrogens (tertiary/aromatic N) is 3. The number of hydrogen-bond donors (Lipinski definition) is 1. The fraction of sp³-hybridized carbons (Fsp3) is 0.300. The number of carbonyl (C=O) groups is 2. The quantitative estimate of drug-likeness (QED) is 0.440. The number of nitrogens with one attached hydrogen (secondary N) is 1. The van der Waals surface area contributed by atoms with Crippen molar-refractivity contribution in [3.63, 3.8) is 0 Å². The number of benzene rings is 3. The van der Waals surface area contributed by atoms with Gasteiger partial charge in [0.15, 0.2) is 0 Å². The SMILES string of the molecule is N#Cc1cccc(C(=O)NCCCc2cccc(N3CC4CN(C(=O)c5c(F)cccc5Cl)CC4C3)c2)c1. The van der Waals surface area contributed by atoms with Crippen LogP contribution >= 0.6 is 11.6 Å². The lowest BCUT2D eigenvalue weighted by Crippen LogP contribution is -2.34. The monoisotopic (exact) mass is 530 g/mol. The van der Waals surface area contributed by atoms with E-state index in [4.69, 9.17) is 16.9 Å². The number of nitriles is 1. The van der Waals surface area contributed by atoms with Gasteiger partial charge in [-0.3, -0.25) is 9.59 Å². The van der Waals surface area contributed by atoms with Crippen LogP contribution in [0.3, 0.4) is 0 Å². The molecule has 2 aliphatic heterocycles. The number of hydrogen-bond acceptors (Lipinski definition) is 4. The number of anilines is 1. The molecule has 0 saturated carbocycles. The van der Waals surface area contributed by atoms with Crippen LogP contribution in [-0.2, 0) is 6.42 Å². The molecule has 2 heterocycles. The Kier molecular flexibility index (Phi) is 7.62. The molecule has 0 radical (unpaired) electrons. The van der Waals surface area contributed by atoms with Crippen LogP contribution < -0.4 is 10.2 Å². The lowest BCUT2D eigenvalue weighted by Gasteiger charge is -2.24. The highest BCUT2D eigenvalue weighted by molar-refractivity contribution is 6.33. The van der Waals surface area contributed by atoms with E-state index in [9.17, 15) is 14.0 Å². The van der Waals surface area contributed by atoms with Crippen molar-refractivity contribution in [1.82, 2.24) is 10.2 Å². The molecule has 3 aromatic rings. The first kappa shape index (κ1) is 25.7. The number of rotatable bonds is 7. The molecule has 2 atom stereocenters. The normalized spacial score (nSPS) is 18.2. The maximum absolute atomic E-state index is 14.3. The van der Waals surface area contributed by atoms with Crippen LogP contribution in [0.2, 0.25) is 5.02 Å². The van der Waals surface area contributed by atoms with Crippen LogP contribution in [0.1, 0.15) is 38.3 Å². The molecule has 38 heavy (non-hydrogen) atoms. The Morgan fingerprint density at radius 1 is 1.00 bits per heavy atom. The molecule has 3 aromatic carbocycles. The van der Waals surface area contributed by atoms with Gasteiger partial charge in [-0.25, -0.2) is 4.39 Å². The Bertz CT molecular complexity index is 1370. The van der Waals surface area contributed by atoms with Gasteiger partial charge in [-0.15, -0.1) is 0 Å². The Balaban J connectivity index is 1.12. The minimum Gasteiger partial charge on any atom is -0.371 e. The van der Waals surface area contributed by atoms with Gasteiger partial charge in [0.25, 0.3) is 11.8 Å². The third-order valence-electron chi connectivity index (χ3n) is 7.41. The van der Waals surface area contributed by atoms with Crippen LogP contribution in [0.4, 0.5) is 10.1 Å². The third-order valence-corrected chi connectivity index (χ3v) is 7.72. The summed E-state index contributed by atoms with van der Waals surface area (Å²) < 4.78 is 14.3. The van der Waals surface area contributed by atoms with E-state index in [1.165, 1.54) is 17.7 Å². The van der Waals surface area contributed by atoms with Gasteiger partial charge in [-0.05, 0) is 60.9 Å². The summed E-state index contributed by atoms with van der Waals surface area (Å²) in [6.07, 6.45) is 1.63. The third kappa shape index (κ3) is 5.51. The van der Waals surface area contributed by atoms with E-state index in [1.807, 2.05) is 0 Å². The molecule has 0 spiro atoms. The second-order valence-corrected chi connectivity index (χ2v) is 10.4. The Morgan fingerprint density at radius 3 is 2.47 bits per heavy atom. The predicted octanol–water partition coefficient (Wildman–Crippen LogP) is 4.92. The Hall–Kier alpha value is -3.89. The highest BCUT2D eigenvalue weighted by Crippen LogP contribution is 2.35. The van der Waals surface area contributed by atoms with Crippen molar-refractivity contribution >= 4 is 29.1 Å². The molecule has 194 valence electrons. The van der Waals surface area contributed by atoms with E-state index in [2.05, 4.69) is 40.6 Å². The first-order valence-electron chi connectivity index (χ1n) is 12.8. The number of likely N-dealkylation sites (tertiary alicyclic amines) is 1. The topological polar surface area (TPSA) is 76.4 Å². The molecule has 5 rings (SSSR count). The van der Waals surface area contributed by atoms with Gasteiger partial charge in [-0.1, -0.05) is 35.9 Å². The van der Waals surface area contributed by atoms with Gasteiger partial charge in [-0.2, -0.15) is 5.26 Å². The van der Waals surface area contributed by atoms with Crippen molar-refractivity contribution in [1.29, 1.82) is 5.26 Å². The van der Waals surface area contributed by atoms with Gasteiger partial charge in [0.05, 0.1) is 22.2 Å². The molecular formula is C30H28ClFN4O2. The van der Waals surface area contributed by atoms with Crippen molar-refractivity contribution in [2.45, 2.75) is 12.8 Å². The fourth-order valence-electron chi connectivity index (χ4n) is 5.47. The second-order valence-electron chi connectivity index (χ2n) is 9.95. The first-order valence-corrected chi connectivity index (χ1v) is 13.2. The molecule has 6 nitrogen and oxygen atoms in total. The van der Waals surface area contributed by atoms with Crippen LogP contribution in [-0.4, -0.2) is 49.4 Å². The van der Waals surface area contributed by atoms with Gasteiger partial charge in [0, 0.05) is 55.8 Å². The molecule has 2 unspecified atom stereocenters. The Labute approximate surface area is 226 Å². The summed E-state index contributed by atoms with van der Waals surface area (Å²) in [5.41, 5.74) is 3.28. The number of aryl methyl sites for hydroxylation is 1. The second kappa shape index (κ2) is 11.2. The van der Waals surface area contributed by atoms with Crippen LogP contribution in [0.15, 0.2) is 66.7 Å². The van der Waals surface area contributed by atoms with Gasteiger partial charge < -0.3 is 15.1 Å². The number of amides is 2. The summed E-state index contributed by atoms with van der Waals surface area (Å²) in [6, 6.07) is 21.5. The van der Waals surface area contributed by atoms with Crippen LogP contribution in [0.25, 0.3) is 0 Å². The molecular weight excluding hydrogens is 503 g/mol. The number of halogens is 2. The van der Waals surface area contributed by atoms with Crippen molar-refractivity contribution < 1.29 is 14.0 Å². The summed E-state index contributed by atoms with van der Waals surface area (Å²) >= 11 is 6.11. The minimum atomic E-state index is -0.578. The van der Waals surface area contributed by atoms with Crippen molar-refractivity contribution in [3.8, 4) is 6.07 Å². The summed E-state index contributed by atoms with van der Waals surface area (Å²) in [7, 11) is 0. The summed E-state index contributed by atoms with van der Waals surface area (Å²) in [4.78, 5) is 29.4. The molecule has 0 aliphatic carbocycles. The maximum Gasteiger partial charge on any atom is 0.258 e. The van der Waals surface area contributed by atoms with Crippen molar-refractivity contribution in [2.75, 3.05) is 37.6 Å². The average Bonchev–Trinajstić information content (AvgIpc) is 3.51. The van der Waals surface area contributed by atoms with Gasteiger partial charge in [0.2, 0.25) is 0 Å². The van der Waals surface area contributed by atoms with Gasteiger partial charge >= 0.3 is 0 Å². The zero-order valence-electron chi connectivity index (χ0n) is 20.9. The molecule has 2 saturated heterocycles. The zero-order valence-corrected chi connectivity index (χ0v) is 21.6. The minimum absolute atomic E-state index is 0.0365. The lowest BCUT2D eigenvalue weighted by atomic mass is 10.0. The smallest absolute Gasteiger partial charge is 0.258 e. The molecule has 2 aliphatic rings. The predicted molar refractivity (Wildman–Crippen MR) is 145 cm³/mol. The van der Waals surface area contributed by atoms with E-state index in [0.717, 1.165) is 31.6 Å². The standard InChI is InChI=1S/C30H28ClFN4O2/c31-26-10-3-11-27(32)28(26)30(38)36-18-23-16-35(17-24(23)19-36)25-9-2-5-20(14-25)7-4-12-34-29(37)22-8-1-6-21(13-22)15-33/h1-3,5-6,8-11,13-14,23-24H,4,7,12,16-19H2,(H,34,37). The number of carbonyl (C=O) groups excluding carboxylic acids is 2. The molecule has 0 aromatic heterocycles.